The Labute approximate surface area is 170 Å². The number of benzene rings is 1. The zero-order valence-electron chi connectivity index (χ0n) is 16.9. The molecule has 2 amide bonds. The van der Waals surface area contributed by atoms with Crippen molar-refractivity contribution in [1.82, 2.24) is 10.6 Å². The van der Waals surface area contributed by atoms with Crippen LogP contribution in [0.5, 0.6) is 0 Å². The molecule has 0 fully saturated rings. The van der Waals surface area contributed by atoms with Gasteiger partial charge in [-0.1, -0.05) is 50.6 Å². The van der Waals surface area contributed by atoms with Gasteiger partial charge in [-0.25, -0.2) is 9.59 Å². The van der Waals surface area contributed by atoms with Crippen LogP contribution in [0.1, 0.15) is 32.3 Å². The number of hydrogen-bond donors (Lipinski definition) is 2. The number of carbonyl (C=O) groups is 3. The second-order valence-corrected chi connectivity index (χ2v) is 7.42. The second-order valence-electron chi connectivity index (χ2n) is 6.44. The van der Waals surface area contributed by atoms with Crippen molar-refractivity contribution in [3.8, 4) is 0 Å². The van der Waals surface area contributed by atoms with Crippen molar-refractivity contribution in [2.24, 2.45) is 5.92 Å². The highest BCUT2D eigenvalue weighted by molar-refractivity contribution is 7.98. The molecule has 8 heteroatoms. The summed E-state index contributed by atoms with van der Waals surface area (Å²) < 4.78 is 9.99. The van der Waals surface area contributed by atoms with Crippen molar-refractivity contribution in [2.45, 2.75) is 45.4 Å². The van der Waals surface area contributed by atoms with Gasteiger partial charge in [-0.3, -0.25) is 4.79 Å². The zero-order chi connectivity index (χ0) is 20.9. The van der Waals surface area contributed by atoms with E-state index < -0.39 is 30.1 Å². The van der Waals surface area contributed by atoms with Crippen LogP contribution in [0.4, 0.5) is 4.79 Å². The highest BCUT2D eigenvalue weighted by atomic mass is 32.2. The van der Waals surface area contributed by atoms with Gasteiger partial charge in [0.2, 0.25) is 5.91 Å². The van der Waals surface area contributed by atoms with E-state index in [1.807, 2.05) is 50.4 Å². The van der Waals surface area contributed by atoms with Crippen LogP contribution in [0.25, 0.3) is 0 Å². The average Bonchev–Trinajstić information content (AvgIpc) is 2.72. The van der Waals surface area contributed by atoms with Gasteiger partial charge in [-0.2, -0.15) is 11.8 Å². The van der Waals surface area contributed by atoms with Gasteiger partial charge in [-0.15, -0.1) is 0 Å². The molecule has 0 spiro atoms. The van der Waals surface area contributed by atoms with Crippen LogP contribution in [0, 0.1) is 5.92 Å². The first kappa shape index (κ1) is 23.8. The number of rotatable bonds is 11. The molecule has 0 saturated carbocycles. The van der Waals surface area contributed by atoms with Crippen molar-refractivity contribution in [1.29, 1.82) is 0 Å². The molecule has 3 unspecified atom stereocenters. The van der Waals surface area contributed by atoms with Crippen LogP contribution >= 0.6 is 11.8 Å². The van der Waals surface area contributed by atoms with Crippen LogP contribution in [0.3, 0.4) is 0 Å². The topological polar surface area (TPSA) is 93.7 Å². The van der Waals surface area contributed by atoms with E-state index >= 15 is 0 Å². The summed E-state index contributed by atoms with van der Waals surface area (Å²) in [6.45, 7) is 3.89. The Morgan fingerprint density at radius 1 is 1.14 bits per heavy atom. The number of alkyl carbamates (subject to hydrolysis) is 1. The maximum atomic E-state index is 12.8. The summed E-state index contributed by atoms with van der Waals surface area (Å²) in [7, 11) is 1.28. The van der Waals surface area contributed by atoms with Crippen molar-refractivity contribution < 1.29 is 23.9 Å². The Balaban J connectivity index is 2.72. The van der Waals surface area contributed by atoms with Gasteiger partial charge in [0.1, 0.15) is 18.7 Å². The number of carbonyl (C=O) groups excluding carboxylic acids is 3. The zero-order valence-corrected chi connectivity index (χ0v) is 17.7. The van der Waals surface area contributed by atoms with E-state index in [1.165, 1.54) is 7.11 Å². The summed E-state index contributed by atoms with van der Waals surface area (Å²) in [5.74, 6) is -0.372. The maximum Gasteiger partial charge on any atom is 0.408 e. The van der Waals surface area contributed by atoms with E-state index in [4.69, 9.17) is 9.47 Å². The third kappa shape index (κ3) is 8.21. The quantitative estimate of drug-likeness (QED) is 0.545. The minimum atomic E-state index is -0.810. The lowest BCUT2D eigenvalue weighted by Crippen LogP contribution is -2.54. The summed E-state index contributed by atoms with van der Waals surface area (Å²) in [6.07, 6.45) is 2.36. The van der Waals surface area contributed by atoms with Gasteiger partial charge in [0, 0.05) is 0 Å². The third-order valence-electron chi connectivity index (χ3n) is 4.39. The summed E-state index contributed by atoms with van der Waals surface area (Å²) in [5, 5.41) is 5.33. The molecule has 0 bridgehead atoms. The predicted octanol–water partition coefficient (Wildman–Crippen LogP) is 2.74. The molecule has 0 aliphatic rings. The summed E-state index contributed by atoms with van der Waals surface area (Å²) in [4.78, 5) is 36.9. The van der Waals surface area contributed by atoms with Crippen molar-refractivity contribution in [3.05, 3.63) is 35.9 Å². The number of nitrogens with one attached hydrogen (secondary N) is 2. The fourth-order valence-corrected chi connectivity index (χ4v) is 2.95. The lowest BCUT2D eigenvalue weighted by atomic mass is 9.98. The first-order chi connectivity index (χ1) is 13.4. The van der Waals surface area contributed by atoms with Gasteiger partial charge in [0.05, 0.1) is 7.11 Å². The molecule has 28 heavy (non-hydrogen) atoms. The molecule has 0 heterocycles. The fourth-order valence-electron chi connectivity index (χ4n) is 2.48. The molecular weight excluding hydrogens is 380 g/mol. The van der Waals surface area contributed by atoms with Gasteiger partial charge in [0.15, 0.2) is 0 Å². The number of methoxy groups -OCH3 is 1. The average molecular weight is 411 g/mol. The number of esters is 1. The standard InChI is InChI=1S/C20H30N2O5S/c1-5-14(2)17(18(23)21-16(11-12-28-4)19(24)26-3)22-20(25)27-13-15-9-7-6-8-10-15/h6-10,14,16-17H,5,11-13H2,1-4H3,(H,21,23)(H,22,25). The molecule has 7 nitrogen and oxygen atoms in total. The first-order valence-corrected chi connectivity index (χ1v) is 10.7. The molecule has 0 aromatic heterocycles. The van der Waals surface area contributed by atoms with Crippen LogP contribution in [-0.2, 0) is 25.7 Å². The fraction of sp³-hybridized carbons (Fsp3) is 0.550. The van der Waals surface area contributed by atoms with E-state index in [9.17, 15) is 14.4 Å². The van der Waals surface area contributed by atoms with Gasteiger partial charge in [-0.05, 0) is 29.9 Å². The molecule has 1 aromatic carbocycles. The van der Waals surface area contributed by atoms with Crippen LogP contribution in [-0.4, -0.2) is 49.2 Å². The van der Waals surface area contributed by atoms with Crippen molar-refractivity contribution >= 4 is 29.7 Å². The number of hydrogen-bond acceptors (Lipinski definition) is 6. The molecule has 3 atom stereocenters. The molecule has 1 rings (SSSR count). The highest BCUT2D eigenvalue weighted by Crippen LogP contribution is 2.11. The Kier molecular flexibility index (Phi) is 11.1. The highest BCUT2D eigenvalue weighted by Gasteiger charge is 2.30. The van der Waals surface area contributed by atoms with Crippen molar-refractivity contribution in [2.75, 3.05) is 19.1 Å². The van der Waals surface area contributed by atoms with E-state index in [-0.39, 0.29) is 12.5 Å². The summed E-state index contributed by atoms with van der Waals surface area (Å²) in [6, 6.07) is 7.72. The lowest BCUT2D eigenvalue weighted by Gasteiger charge is -2.25. The van der Waals surface area contributed by atoms with Crippen LogP contribution in [0.15, 0.2) is 30.3 Å². The molecule has 0 saturated heterocycles. The van der Waals surface area contributed by atoms with Gasteiger partial charge in [0.25, 0.3) is 0 Å². The van der Waals surface area contributed by atoms with E-state index in [1.54, 1.807) is 11.8 Å². The number of amides is 2. The summed E-state index contributed by atoms with van der Waals surface area (Å²) >= 11 is 1.57. The Morgan fingerprint density at radius 2 is 1.82 bits per heavy atom. The first-order valence-electron chi connectivity index (χ1n) is 9.27. The minimum Gasteiger partial charge on any atom is -0.467 e. The molecule has 1 aromatic rings. The normalized spacial score (nSPS) is 13.7. The van der Waals surface area contributed by atoms with Crippen LogP contribution in [0.2, 0.25) is 0 Å². The van der Waals surface area contributed by atoms with E-state index in [0.29, 0.717) is 18.6 Å². The molecule has 0 radical (unpaired) electrons. The SMILES string of the molecule is CCC(C)C(NC(=O)OCc1ccccc1)C(=O)NC(CCSC)C(=O)OC. The number of ether oxygens (including phenoxy) is 2. The van der Waals surface area contributed by atoms with E-state index in [0.717, 1.165) is 5.56 Å². The monoisotopic (exact) mass is 410 g/mol. The second kappa shape index (κ2) is 13.0. The molecular formula is C20H30N2O5S. The summed E-state index contributed by atoms with van der Waals surface area (Å²) in [5.41, 5.74) is 0.852. The Hall–Kier alpha value is -2.22. The maximum absolute atomic E-state index is 12.8. The largest absolute Gasteiger partial charge is 0.467 e. The lowest BCUT2D eigenvalue weighted by molar-refractivity contribution is -0.145. The predicted molar refractivity (Wildman–Crippen MR) is 110 cm³/mol. The van der Waals surface area contributed by atoms with Crippen molar-refractivity contribution in [3.63, 3.8) is 0 Å². The molecule has 156 valence electrons. The van der Waals surface area contributed by atoms with Gasteiger partial charge >= 0.3 is 12.1 Å². The minimum absolute atomic E-state index is 0.111. The Bertz CT molecular complexity index is 626. The molecule has 0 aliphatic heterocycles. The molecule has 0 aliphatic carbocycles. The van der Waals surface area contributed by atoms with E-state index in [2.05, 4.69) is 10.6 Å². The third-order valence-corrected chi connectivity index (χ3v) is 5.04. The van der Waals surface area contributed by atoms with Gasteiger partial charge < -0.3 is 20.1 Å². The Morgan fingerprint density at radius 3 is 2.39 bits per heavy atom. The smallest absolute Gasteiger partial charge is 0.408 e. The van der Waals surface area contributed by atoms with Crippen LogP contribution < -0.4 is 10.6 Å². The number of thioether (sulfide) groups is 1. The molecule has 2 N–H and O–H groups in total.